The minimum absolute atomic E-state index is 0.164. The molecule has 1 aliphatic rings. The van der Waals surface area contributed by atoms with Crippen molar-refractivity contribution in [2.45, 2.75) is 56.1 Å². The van der Waals surface area contributed by atoms with Gasteiger partial charge in [0.2, 0.25) is 11.1 Å². The number of nitrogens with zero attached hydrogens (tertiary/aromatic N) is 5. The molecule has 1 heterocycles. The second kappa shape index (κ2) is 7.87. The molecule has 0 spiro atoms. The summed E-state index contributed by atoms with van der Waals surface area (Å²) < 4.78 is 1.62. The van der Waals surface area contributed by atoms with Crippen molar-refractivity contribution in [2.75, 3.05) is 5.75 Å². The Kier molecular flexibility index (Phi) is 5.57. The molecule has 0 aliphatic heterocycles. The summed E-state index contributed by atoms with van der Waals surface area (Å²) in [5.41, 5.74) is 1.40. The number of benzene rings is 1. The van der Waals surface area contributed by atoms with Crippen molar-refractivity contribution in [1.29, 1.82) is 5.26 Å². The second-order valence-corrected chi connectivity index (χ2v) is 7.80. The van der Waals surface area contributed by atoms with Crippen LogP contribution in [0.25, 0.3) is 5.69 Å². The first-order valence-electron chi connectivity index (χ1n) is 8.77. The Balaban J connectivity index is 1.64. The zero-order chi connectivity index (χ0) is 18.6. The van der Waals surface area contributed by atoms with Crippen LogP contribution in [0.2, 0.25) is 0 Å². The molecule has 8 heteroatoms. The highest BCUT2D eigenvalue weighted by atomic mass is 32.2. The third kappa shape index (κ3) is 4.05. The van der Waals surface area contributed by atoms with Crippen LogP contribution in [-0.2, 0) is 4.79 Å². The average Bonchev–Trinajstić information content (AvgIpc) is 3.30. The van der Waals surface area contributed by atoms with Gasteiger partial charge in [0, 0.05) is 0 Å². The molecule has 1 saturated carbocycles. The fourth-order valence-electron chi connectivity index (χ4n) is 3.11. The van der Waals surface area contributed by atoms with E-state index in [1.807, 2.05) is 12.1 Å². The van der Waals surface area contributed by atoms with Crippen molar-refractivity contribution in [2.24, 2.45) is 0 Å². The molecule has 136 valence electrons. The Hall–Kier alpha value is -2.40. The molecule has 1 fully saturated rings. The van der Waals surface area contributed by atoms with E-state index in [-0.39, 0.29) is 11.7 Å². The van der Waals surface area contributed by atoms with Crippen LogP contribution in [0.1, 0.15) is 51.0 Å². The molecule has 0 radical (unpaired) electrons. The number of carbonyl (C=O) groups excluding carboxylic acids is 1. The topological polar surface area (TPSA) is 96.5 Å². The monoisotopic (exact) mass is 370 g/mol. The van der Waals surface area contributed by atoms with Crippen LogP contribution in [0.15, 0.2) is 29.4 Å². The van der Waals surface area contributed by atoms with Gasteiger partial charge >= 0.3 is 0 Å². The van der Waals surface area contributed by atoms with Gasteiger partial charge in [-0.2, -0.15) is 9.94 Å². The lowest BCUT2D eigenvalue weighted by atomic mass is 10.0. The van der Waals surface area contributed by atoms with E-state index in [1.54, 1.807) is 4.68 Å². The molecule has 1 aromatic carbocycles. The van der Waals surface area contributed by atoms with E-state index in [4.69, 9.17) is 0 Å². The highest BCUT2D eigenvalue weighted by molar-refractivity contribution is 7.99. The first-order valence-corrected chi connectivity index (χ1v) is 9.75. The first kappa shape index (κ1) is 18.4. The van der Waals surface area contributed by atoms with Crippen LogP contribution in [0, 0.1) is 11.3 Å². The molecule has 1 aromatic heterocycles. The predicted octanol–water partition coefficient (Wildman–Crippen LogP) is 2.83. The molecule has 0 atom stereocenters. The van der Waals surface area contributed by atoms with Crippen molar-refractivity contribution in [3.63, 3.8) is 0 Å². The van der Waals surface area contributed by atoms with E-state index in [0.717, 1.165) is 31.4 Å². The molecule has 1 N–H and O–H groups in total. The number of hydrogen-bond acceptors (Lipinski definition) is 6. The van der Waals surface area contributed by atoms with Gasteiger partial charge in [0.1, 0.15) is 5.54 Å². The quantitative estimate of drug-likeness (QED) is 0.786. The number of amides is 1. The largest absolute Gasteiger partial charge is 0.337 e. The molecule has 1 amide bonds. The lowest BCUT2D eigenvalue weighted by molar-refractivity contribution is -0.119. The highest BCUT2D eigenvalue weighted by Crippen LogP contribution is 2.29. The number of aromatic nitrogens is 4. The summed E-state index contributed by atoms with van der Waals surface area (Å²) in [5.74, 6) is 0.468. The van der Waals surface area contributed by atoms with Crippen molar-refractivity contribution in [3.05, 3.63) is 29.8 Å². The van der Waals surface area contributed by atoms with E-state index in [9.17, 15) is 10.1 Å². The maximum absolute atomic E-state index is 12.3. The number of tetrazole rings is 1. The maximum atomic E-state index is 12.3. The summed E-state index contributed by atoms with van der Waals surface area (Å²) in [6.45, 7) is 4.29. The van der Waals surface area contributed by atoms with E-state index < -0.39 is 5.54 Å². The Labute approximate surface area is 157 Å². The fourth-order valence-corrected chi connectivity index (χ4v) is 3.80. The molecule has 0 bridgehead atoms. The average molecular weight is 370 g/mol. The Bertz CT molecular complexity index is 802. The minimum atomic E-state index is -0.698. The van der Waals surface area contributed by atoms with Crippen molar-refractivity contribution in [1.82, 2.24) is 25.5 Å². The summed E-state index contributed by atoms with van der Waals surface area (Å²) in [5, 5.41) is 24.6. The molecule has 3 rings (SSSR count). The molecule has 0 saturated heterocycles. The van der Waals surface area contributed by atoms with E-state index in [1.165, 1.54) is 17.3 Å². The van der Waals surface area contributed by atoms with Crippen LogP contribution >= 0.6 is 11.8 Å². The summed E-state index contributed by atoms with van der Waals surface area (Å²) in [6.07, 6.45) is 3.40. The second-order valence-electron chi connectivity index (χ2n) is 6.86. The van der Waals surface area contributed by atoms with Gasteiger partial charge in [-0.25, -0.2) is 0 Å². The molecule has 7 nitrogen and oxygen atoms in total. The van der Waals surface area contributed by atoms with Gasteiger partial charge in [-0.1, -0.05) is 37.7 Å². The Morgan fingerprint density at radius 2 is 2.04 bits per heavy atom. The van der Waals surface area contributed by atoms with Crippen molar-refractivity contribution < 1.29 is 4.79 Å². The van der Waals surface area contributed by atoms with E-state index in [2.05, 4.69) is 52.9 Å². The summed E-state index contributed by atoms with van der Waals surface area (Å²) in [6, 6.07) is 10.3. The van der Waals surface area contributed by atoms with Crippen LogP contribution in [-0.4, -0.2) is 37.4 Å². The van der Waals surface area contributed by atoms with Crippen LogP contribution in [0.4, 0.5) is 0 Å². The molecule has 26 heavy (non-hydrogen) atoms. The smallest absolute Gasteiger partial charge is 0.231 e. The molecule has 2 aromatic rings. The normalized spacial score (nSPS) is 15.8. The zero-order valence-corrected chi connectivity index (χ0v) is 15.8. The van der Waals surface area contributed by atoms with Gasteiger partial charge in [0.05, 0.1) is 17.5 Å². The molecular weight excluding hydrogens is 348 g/mol. The van der Waals surface area contributed by atoms with Crippen LogP contribution in [0.3, 0.4) is 0 Å². The number of nitrogens with one attached hydrogen (secondary N) is 1. The first-order chi connectivity index (χ1) is 12.5. The number of hydrogen-bond donors (Lipinski definition) is 1. The predicted molar refractivity (Wildman–Crippen MR) is 98.9 cm³/mol. The number of nitriles is 1. The molecule has 0 unspecified atom stereocenters. The Morgan fingerprint density at radius 3 is 2.65 bits per heavy atom. The summed E-state index contributed by atoms with van der Waals surface area (Å²) in [7, 11) is 0. The van der Waals surface area contributed by atoms with Crippen LogP contribution in [0.5, 0.6) is 0 Å². The van der Waals surface area contributed by atoms with E-state index >= 15 is 0 Å². The van der Waals surface area contributed by atoms with Gasteiger partial charge in [0.25, 0.3) is 0 Å². The maximum Gasteiger partial charge on any atom is 0.231 e. The third-order valence-corrected chi connectivity index (χ3v) is 5.55. The number of carbonyl (C=O) groups is 1. The lowest BCUT2D eigenvalue weighted by Crippen LogP contribution is -2.45. The standard InChI is InChI=1S/C18H22N6OS/c1-13(2)14-5-7-15(8-6-14)24-17(21-22-23-24)26-11-16(25)20-18(12-19)9-3-4-10-18/h5-8,13H,3-4,9-11H2,1-2H3,(H,20,25). The zero-order valence-electron chi connectivity index (χ0n) is 15.0. The van der Waals surface area contributed by atoms with Crippen molar-refractivity contribution in [3.8, 4) is 11.8 Å². The van der Waals surface area contributed by atoms with Gasteiger partial charge < -0.3 is 5.32 Å². The Morgan fingerprint density at radius 1 is 1.35 bits per heavy atom. The van der Waals surface area contributed by atoms with Gasteiger partial charge in [-0.05, 0) is 59.7 Å². The SMILES string of the molecule is CC(C)c1ccc(-n2nnnc2SCC(=O)NC2(C#N)CCCC2)cc1. The number of rotatable bonds is 6. The minimum Gasteiger partial charge on any atom is -0.337 e. The molecule has 1 aliphatic carbocycles. The van der Waals surface area contributed by atoms with Crippen molar-refractivity contribution >= 4 is 17.7 Å². The number of thioether (sulfide) groups is 1. The summed E-state index contributed by atoms with van der Waals surface area (Å²) >= 11 is 1.27. The van der Waals surface area contributed by atoms with Gasteiger partial charge in [0.15, 0.2) is 0 Å². The van der Waals surface area contributed by atoms with E-state index in [0.29, 0.717) is 11.1 Å². The van der Waals surface area contributed by atoms with Gasteiger partial charge in [-0.15, -0.1) is 5.10 Å². The van der Waals surface area contributed by atoms with Gasteiger partial charge in [-0.3, -0.25) is 4.79 Å². The third-order valence-electron chi connectivity index (χ3n) is 4.63. The molecular formula is C18H22N6OS. The fraction of sp³-hybridized carbons (Fsp3) is 0.500. The lowest BCUT2D eigenvalue weighted by Gasteiger charge is -2.21. The highest BCUT2D eigenvalue weighted by Gasteiger charge is 2.35. The van der Waals surface area contributed by atoms with Crippen LogP contribution < -0.4 is 5.32 Å². The summed E-state index contributed by atoms with van der Waals surface area (Å²) in [4.78, 5) is 12.3.